The van der Waals surface area contributed by atoms with Gasteiger partial charge in [-0.15, -0.1) is 0 Å². The van der Waals surface area contributed by atoms with E-state index in [2.05, 4.69) is 4.90 Å². The summed E-state index contributed by atoms with van der Waals surface area (Å²) in [5.41, 5.74) is 0. The summed E-state index contributed by atoms with van der Waals surface area (Å²) in [6.07, 6.45) is 3.16. The third-order valence-electron chi connectivity index (χ3n) is 2.40. The summed E-state index contributed by atoms with van der Waals surface area (Å²) in [4.78, 5) is 12.7. The third-order valence-corrected chi connectivity index (χ3v) is 2.40. The van der Waals surface area contributed by atoms with Crippen LogP contribution in [0.3, 0.4) is 0 Å². The van der Waals surface area contributed by atoms with E-state index in [9.17, 15) is 9.90 Å². The van der Waals surface area contributed by atoms with Gasteiger partial charge in [0.25, 0.3) is 0 Å². The van der Waals surface area contributed by atoms with Crippen LogP contribution in [0.2, 0.25) is 0 Å². The molecule has 1 N–H and O–H groups in total. The van der Waals surface area contributed by atoms with Crippen LogP contribution in [0.5, 0.6) is 0 Å². The number of hydrogen-bond acceptors (Lipinski definition) is 4. The number of hydrogen-bond donors (Lipinski definition) is 1. The first-order chi connectivity index (χ1) is 6.68. The Balaban J connectivity index is 2.11. The summed E-state index contributed by atoms with van der Waals surface area (Å²) >= 11 is 0. The average molecular weight is 201 g/mol. The molecule has 0 bridgehead atoms. The number of ether oxygens (including phenoxy) is 1. The van der Waals surface area contributed by atoms with Crippen molar-refractivity contribution >= 4 is 5.97 Å². The molecule has 0 radical (unpaired) electrons. The van der Waals surface area contributed by atoms with E-state index in [0.29, 0.717) is 6.54 Å². The molecule has 0 aliphatic carbocycles. The van der Waals surface area contributed by atoms with Crippen molar-refractivity contribution in [3.05, 3.63) is 0 Å². The fraction of sp³-hybridized carbons (Fsp3) is 0.900. The molecule has 1 aliphatic heterocycles. The highest BCUT2D eigenvalue weighted by molar-refractivity contribution is 5.65. The lowest BCUT2D eigenvalue weighted by atomic mass is 10.1. The third kappa shape index (κ3) is 4.58. The number of aliphatic hydroxyl groups excluding tert-OH is 1. The van der Waals surface area contributed by atoms with Gasteiger partial charge in [-0.3, -0.25) is 4.79 Å². The van der Waals surface area contributed by atoms with Gasteiger partial charge in [-0.05, 0) is 25.9 Å². The number of β-amino-alcohol motifs (C(OH)–C–C–N with tert-alkyl or cyclic N) is 1. The van der Waals surface area contributed by atoms with Crippen LogP contribution in [0.1, 0.15) is 26.2 Å². The zero-order valence-electron chi connectivity index (χ0n) is 8.74. The first kappa shape index (κ1) is 11.5. The van der Waals surface area contributed by atoms with E-state index in [0.717, 1.165) is 13.1 Å². The monoisotopic (exact) mass is 201 g/mol. The van der Waals surface area contributed by atoms with Crippen LogP contribution in [0.15, 0.2) is 0 Å². The Morgan fingerprint density at radius 1 is 1.43 bits per heavy atom. The fourth-order valence-electron chi connectivity index (χ4n) is 1.71. The number of likely N-dealkylation sites (tertiary alicyclic amines) is 1. The van der Waals surface area contributed by atoms with Crippen LogP contribution in [0, 0.1) is 0 Å². The van der Waals surface area contributed by atoms with E-state index >= 15 is 0 Å². The highest BCUT2D eigenvalue weighted by Crippen LogP contribution is 2.08. The summed E-state index contributed by atoms with van der Waals surface area (Å²) in [5.74, 6) is -0.331. The van der Waals surface area contributed by atoms with E-state index < -0.39 is 6.10 Å². The smallest absolute Gasteiger partial charge is 0.302 e. The first-order valence-corrected chi connectivity index (χ1v) is 5.22. The molecule has 0 amide bonds. The zero-order valence-corrected chi connectivity index (χ0v) is 8.74. The standard InChI is InChI=1S/C10H19NO3/c1-9(12)14-8-10(13)7-11-5-3-2-4-6-11/h10,13H,2-8H2,1H3. The minimum absolute atomic E-state index is 0.117. The largest absolute Gasteiger partial charge is 0.463 e. The minimum atomic E-state index is -0.544. The van der Waals surface area contributed by atoms with Gasteiger partial charge in [0.2, 0.25) is 0 Å². The molecule has 4 heteroatoms. The van der Waals surface area contributed by atoms with Crippen molar-refractivity contribution in [2.75, 3.05) is 26.2 Å². The van der Waals surface area contributed by atoms with Crippen LogP contribution in [0.4, 0.5) is 0 Å². The molecule has 82 valence electrons. The Morgan fingerprint density at radius 2 is 2.07 bits per heavy atom. The predicted octanol–water partition coefficient (Wildman–Crippen LogP) is 0.396. The van der Waals surface area contributed by atoms with Crippen molar-refractivity contribution in [2.45, 2.75) is 32.3 Å². The van der Waals surface area contributed by atoms with Gasteiger partial charge in [0.1, 0.15) is 12.7 Å². The van der Waals surface area contributed by atoms with E-state index in [-0.39, 0.29) is 12.6 Å². The van der Waals surface area contributed by atoms with Gasteiger partial charge in [0.15, 0.2) is 0 Å². The molecular formula is C10H19NO3. The Morgan fingerprint density at radius 3 is 2.64 bits per heavy atom. The summed E-state index contributed by atoms with van der Waals surface area (Å²) in [6, 6.07) is 0. The molecule has 1 saturated heterocycles. The summed E-state index contributed by atoms with van der Waals surface area (Å²) in [7, 11) is 0. The van der Waals surface area contributed by atoms with Gasteiger partial charge in [-0.2, -0.15) is 0 Å². The Labute approximate surface area is 84.8 Å². The molecular weight excluding hydrogens is 182 g/mol. The average Bonchev–Trinajstić information content (AvgIpc) is 2.16. The molecule has 0 aromatic rings. The maximum atomic E-state index is 10.5. The molecule has 0 aromatic heterocycles. The van der Waals surface area contributed by atoms with Crippen molar-refractivity contribution in [3.63, 3.8) is 0 Å². The second kappa shape index (κ2) is 5.98. The van der Waals surface area contributed by atoms with Gasteiger partial charge in [-0.1, -0.05) is 6.42 Å². The normalized spacial score (nSPS) is 20.4. The molecule has 4 nitrogen and oxygen atoms in total. The van der Waals surface area contributed by atoms with Gasteiger partial charge < -0.3 is 14.7 Å². The van der Waals surface area contributed by atoms with Crippen LogP contribution in [-0.4, -0.2) is 48.3 Å². The lowest BCUT2D eigenvalue weighted by Crippen LogP contribution is -2.38. The number of aliphatic hydroxyl groups is 1. The van der Waals surface area contributed by atoms with Crippen LogP contribution in [0.25, 0.3) is 0 Å². The van der Waals surface area contributed by atoms with Crippen LogP contribution < -0.4 is 0 Å². The Bertz CT molecular complexity index is 178. The zero-order chi connectivity index (χ0) is 10.4. The van der Waals surface area contributed by atoms with E-state index in [4.69, 9.17) is 4.74 Å². The van der Waals surface area contributed by atoms with Gasteiger partial charge in [0.05, 0.1) is 0 Å². The van der Waals surface area contributed by atoms with Gasteiger partial charge in [-0.25, -0.2) is 0 Å². The lowest BCUT2D eigenvalue weighted by Gasteiger charge is -2.28. The molecule has 1 rings (SSSR count). The van der Waals surface area contributed by atoms with E-state index in [1.54, 1.807) is 0 Å². The van der Waals surface area contributed by atoms with Crippen molar-refractivity contribution in [1.29, 1.82) is 0 Å². The number of piperidine rings is 1. The summed E-state index contributed by atoms with van der Waals surface area (Å²) < 4.78 is 4.73. The number of nitrogens with zero attached hydrogens (tertiary/aromatic N) is 1. The number of carbonyl (C=O) groups excluding carboxylic acids is 1. The Kier molecular flexibility index (Phi) is 4.90. The maximum Gasteiger partial charge on any atom is 0.302 e. The fourth-order valence-corrected chi connectivity index (χ4v) is 1.71. The highest BCUT2D eigenvalue weighted by atomic mass is 16.5. The van der Waals surface area contributed by atoms with Crippen LogP contribution in [-0.2, 0) is 9.53 Å². The van der Waals surface area contributed by atoms with E-state index in [1.165, 1.54) is 26.2 Å². The van der Waals surface area contributed by atoms with E-state index in [1.807, 2.05) is 0 Å². The molecule has 1 fully saturated rings. The van der Waals surface area contributed by atoms with Crippen molar-refractivity contribution in [3.8, 4) is 0 Å². The van der Waals surface area contributed by atoms with Crippen molar-refractivity contribution in [1.82, 2.24) is 4.90 Å². The molecule has 0 spiro atoms. The van der Waals surface area contributed by atoms with Gasteiger partial charge >= 0.3 is 5.97 Å². The topological polar surface area (TPSA) is 49.8 Å². The molecule has 1 unspecified atom stereocenters. The van der Waals surface area contributed by atoms with Crippen LogP contribution >= 0.6 is 0 Å². The number of carbonyl (C=O) groups is 1. The summed E-state index contributed by atoms with van der Waals surface area (Å²) in [5, 5.41) is 9.53. The molecule has 0 saturated carbocycles. The second-order valence-corrected chi connectivity index (χ2v) is 3.82. The molecule has 1 heterocycles. The lowest BCUT2D eigenvalue weighted by molar-refractivity contribution is -0.144. The highest BCUT2D eigenvalue weighted by Gasteiger charge is 2.14. The SMILES string of the molecule is CC(=O)OCC(O)CN1CCCCC1. The first-order valence-electron chi connectivity index (χ1n) is 5.22. The second-order valence-electron chi connectivity index (χ2n) is 3.82. The molecule has 14 heavy (non-hydrogen) atoms. The predicted molar refractivity (Wildman–Crippen MR) is 52.9 cm³/mol. The molecule has 0 aromatic carbocycles. The summed E-state index contributed by atoms with van der Waals surface area (Å²) in [6.45, 7) is 4.20. The minimum Gasteiger partial charge on any atom is -0.463 e. The Hall–Kier alpha value is -0.610. The number of esters is 1. The van der Waals surface area contributed by atoms with Gasteiger partial charge in [0, 0.05) is 13.5 Å². The quantitative estimate of drug-likeness (QED) is 0.669. The molecule has 1 atom stereocenters. The maximum absolute atomic E-state index is 10.5. The number of rotatable bonds is 4. The van der Waals surface area contributed by atoms with Crippen molar-refractivity contribution < 1.29 is 14.6 Å². The van der Waals surface area contributed by atoms with Crippen molar-refractivity contribution in [2.24, 2.45) is 0 Å². The molecule has 1 aliphatic rings.